The van der Waals surface area contributed by atoms with Crippen LogP contribution >= 0.6 is 11.3 Å². The van der Waals surface area contributed by atoms with E-state index >= 15 is 0 Å². The molecule has 4 rings (SSSR count). The number of aromatic nitrogens is 3. The summed E-state index contributed by atoms with van der Waals surface area (Å²) in [5.74, 6) is 1.67. The van der Waals surface area contributed by atoms with Gasteiger partial charge in [-0.3, -0.25) is 4.90 Å². The van der Waals surface area contributed by atoms with E-state index in [9.17, 15) is 0 Å². The molecule has 6 heteroatoms. The molecule has 0 saturated carbocycles. The van der Waals surface area contributed by atoms with Gasteiger partial charge in [-0.05, 0) is 56.1 Å². The molecule has 1 fully saturated rings. The molecule has 128 valence electrons. The Morgan fingerprint density at radius 2 is 2.20 bits per heavy atom. The van der Waals surface area contributed by atoms with E-state index < -0.39 is 0 Å². The van der Waals surface area contributed by atoms with Crippen molar-refractivity contribution >= 4 is 23.0 Å². The standard InChI is InChI=1S/C19H21N5S/c1-14-4-2-6-18(22-14)23-19-10-15(7-8-20-19)17-5-3-9-24(17)11-16-12-25-13-21-16/h2,4,6-8,10,12-13,17H,3,5,9,11H2,1H3,(H,20,22,23)/t17-/m1/s1. The Hall–Kier alpha value is -2.31. The number of nitrogens with one attached hydrogen (secondary N) is 1. The van der Waals surface area contributed by atoms with E-state index in [0.717, 1.165) is 36.1 Å². The molecule has 0 spiro atoms. The molecule has 5 nitrogen and oxygen atoms in total. The van der Waals surface area contributed by atoms with Gasteiger partial charge in [-0.1, -0.05) is 6.07 Å². The van der Waals surface area contributed by atoms with Gasteiger partial charge >= 0.3 is 0 Å². The van der Waals surface area contributed by atoms with Crippen molar-refractivity contribution in [1.82, 2.24) is 19.9 Å². The molecule has 0 unspecified atom stereocenters. The topological polar surface area (TPSA) is 53.9 Å². The fourth-order valence-corrected chi connectivity index (χ4v) is 3.93. The van der Waals surface area contributed by atoms with Gasteiger partial charge in [0.05, 0.1) is 11.2 Å². The second-order valence-corrected chi connectivity index (χ2v) is 7.09. The lowest BCUT2D eigenvalue weighted by atomic mass is 10.1. The number of rotatable bonds is 5. The maximum Gasteiger partial charge on any atom is 0.131 e. The van der Waals surface area contributed by atoms with Gasteiger partial charge in [0.2, 0.25) is 0 Å². The number of thiazole rings is 1. The highest BCUT2D eigenvalue weighted by molar-refractivity contribution is 7.07. The Morgan fingerprint density at radius 3 is 3.04 bits per heavy atom. The van der Waals surface area contributed by atoms with Crippen molar-refractivity contribution in [2.24, 2.45) is 0 Å². The third-order valence-corrected chi connectivity index (χ3v) is 5.16. The number of aryl methyl sites for hydroxylation is 1. The van der Waals surface area contributed by atoms with Gasteiger partial charge in [0, 0.05) is 29.9 Å². The zero-order valence-electron chi connectivity index (χ0n) is 14.2. The van der Waals surface area contributed by atoms with Gasteiger partial charge in [0.25, 0.3) is 0 Å². The average Bonchev–Trinajstić information content (AvgIpc) is 3.27. The van der Waals surface area contributed by atoms with E-state index in [-0.39, 0.29) is 0 Å². The smallest absolute Gasteiger partial charge is 0.131 e. The van der Waals surface area contributed by atoms with Crippen LogP contribution in [0.5, 0.6) is 0 Å². The summed E-state index contributed by atoms with van der Waals surface area (Å²) in [7, 11) is 0. The third kappa shape index (κ3) is 3.86. The fraction of sp³-hybridized carbons (Fsp3) is 0.316. The van der Waals surface area contributed by atoms with Gasteiger partial charge in [-0.2, -0.15) is 0 Å². The molecule has 1 aliphatic heterocycles. The molecule has 1 aliphatic rings. The van der Waals surface area contributed by atoms with Gasteiger partial charge < -0.3 is 5.32 Å². The van der Waals surface area contributed by atoms with Crippen LogP contribution in [0, 0.1) is 6.92 Å². The lowest BCUT2D eigenvalue weighted by molar-refractivity contribution is 0.246. The second kappa shape index (κ2) is 7.29. The molecular formula is C19H21N5S. The predicted octanol–water partition coefficient (Wildman–Crippen LogP) is 4.32. The van der Waals surface area contributed by atoms with Crippen LogP contribution in [-0.4, -0.2) is 26.4 Å². The normalized spacial score (nSPS) is 17.7. The number of anilines is 2. The lowest BCUT2D eigenvalue weighted by Crippen LogP contribution is -2.23. The number of hydrogen-bond acceptors (Lipinski definition) is 6. The van der Waals surface area contributed by atoms with Gasteiger partial charge in [-0.25, -0.2) is 15.0 Å². The lowest BCUT2D eigenvalue weighted by Gasteiger charge is -2.24. The van der Waals surface area contributed by atoms with E-state index in [1.165, 1.54) is 18.4 Å². The van der Waals surface area contributed by atoms with Crippen LogP contribution in [0.1, 0.15) is 35.8 Å². The highest BCUT2D eigenvalue weighted by atomic mass is 32.1. The van der Waals surface area contributed by atoms with Crippen molar-refractivity contribution in [2.75, 3.05) is 11.9 Å². The first-order valence-electron chi connectivity index (χ1n) is 8.56. The molecular weight excluding hydrogens is 330 g/mol. The van der Waals surface area contributed by atoms with Crippen LogP contribution in [-0.2, 0) is 6.54 Å². The van der Waals surface area contributed by atoms with E-state index in [0.29, 0.717) is 6.04 Å². The minimum atomic E-state index is 0.427. The Bertz CT molecular complexity index is 833. The van der Waals surface area contributed by atoms with Crippen LogP contribution in [0.15, 0.2) is 47.4 Å². The number of hydrogen-bond donors (Lipinski definition) is 1. The third-order valence-electron chi connectivity index (χ3n) is 4.53. The molecule has 0 radical (unpaired) electrons. The Balaban J connectivity index is 1.52. The molecule has 0 bridgehead atoms. The first-order chi connectivity index (χ1) is 12.3. The molecule has 25 heavy (non-hydrogen) atoms. The molecule has 1 N–H and O–H groups in total. The number of likely N-dealkylation sites (tertiary alicyclic amines) is 1. The highest BCUT2D eigenvalue weighted by Gasteiger charge is 2.26. The fourth-order valence-electron chi connectivity index (χ4n) is 3.38. The Kier molecular flexibility index (Phi) is 4.72. The zero-order chi connectivity index (χ0) is 17.1. The summed E-state index contributed by atoms with van der Waals surface area (Å²) in [5, 5.41) is 5.45. The SMILES string of the molecule is Cc1cccc(Nc2cc([C@H]3CCCN3Cc3cscn3)ccn2)n1. The number of pyridine rings is 2. The molecule has 0 aromatic carbocycles. The first kappa shape index (κ1) is 16.2. The van der Waals surface area contributed by atoms with Crippen LogP contribution in [0.4, 0.5) is 11.6 Å². The summed E-state index contributed by atoms with van der Waals surface area (Å²) in [6.07, 6.45) is 4.28. The summed E-state index contributed by atoms with van der Waals surface area (Å²) in [6.45, 7) is 4.02. The van der Waals surface area contributed by atoms with Crippen LogP contribution in [0.2, 0.25) is 0 Å². The van der Waals surface area contributed by atoms with Gasteiger partial charge in [-0.15, -0.1) is 11.3 Å². The van der Waals surface area contributed by atoms with E-state index in [2.05, 4.69) is 42.7 Å². The van der Waals surface area contributed by atoms with Crippen LogP contribution in [0.3, 0.4) is 0 Å². The highest BCUT2D eigenvalue weighted by Crippen LogP contribution is 2.33. The molecule has 3 aromatic rings. The van der Waals surface area contributed by atoms with Crippen molar-refractivity contribution in [2.45, 2.75) is 32.4 Å². The monoisotopic (exact) mass is 351 g/mol. The quantitative estimate of drug-likeness (QED) is 0.742. The molecule has 0 amide bonds. The minimum Gasteiger partial charge on any atom is -0.325 e. The summed E-state index contributed by atoms with van der Waals surface area (Å²) in [6, 6.07) is 10.7. The molecule has 0 aliphatic carbocycles. The first-order valence-corrected chi connectivity index (χ1v) is 9.50. The number of nitrogens with zero attached hydrogens (tertiary/aromatic N) is 4. The van der Waals surface area contributed by atoms with E-state index in [4.69, 9.17) is 0 Å². The van der Waals surface area contributed by atoms with E-state index in [1.54, 1.807) is 11.3 Å². The summed E-state index contributed by atoms with van der Waals surface area (Å²) in [5.41, 5.74) is 5.36. The average molecular weight is 351 g/mol. The maximum atomic E-state index is 4.49. The van der Waals surface area contributed by atoms with Crippen molar-refractivity contribution in [1.29, 1.82) is 0 Å². The maximum absolute atomic E-state index is 4.49. The van der Waals surface area contributed by atoms with Crippen molar-refractivity contribution < 1.29 is 0 Å². The predicted molar refractivity (Wildman–Crippen MR) is 101 cm³/mol. The Morgan fingerprint density at radius 1 is 1.24 bits per heavy atom. The van der Waals surface area contributed by atoms with Crippen LogP contribution < -0.4 is 5.32 Å². The minimum absolute atomic E-state index is 0.427. The van der Waals surface area contributed by atoms with Crippen molar-refractivity contribution in [3.05, 3.63) is 64.4 Å². The largest absolute Gasteiger partial charge is 0.325 e. The van der Waals surface area contributed by atoms with Gasteiger partial charge in [0.1, 0.15) is 11.6 Å². The summed E-state index contributed by atoms with van der Waals surface area (Å²) in [4.78, 5) is 15.9. The Labute approximate surface area is 151 Å². The molecule has 1 saturated heterocycles. The van der Waals surface area contributed by atoms with Crippen molar-refractivity contribution in [3.63, 3.8) is 0 Å². The summed E-state index contributed by atoms with van der Waals surface area (Å²) >= 11 is 1.66. The van der Waals surface area contributed by atoms with Crippen LogP contribution in [0.25, 0.3) is 0 Å². The van der Waals surface area contributed by atoms with Gasteiger partial charge in [0.15, 0.2) is 0 Å². The molecule has 1 atom stereocenters. The van der Waals surface area contributed by atoms with E-state index in [1.807, 2.05) is 36.8 Å². The zero-order valence-corrected chi connectivity index (χ0v) is 15.0. The van der Waals surface area contributed by atoms with Crippen molar-refractivity contribution in [3.8, 4) is 0 Å². The second-order valence-electron chi connectivity index (χ2n) is 6.37. The molecule has 4 heterocycles. The summed E-state index contributed by atoms with van der Waals surface area (Å²) < 4.78 is 0. The molecule has 3 aromatic heterocycles.